The van der Waals surface area contributed by atoms with Crippen molar-refractivity contribution in [2.45, 2.75) is 32.0 Å². The molecule has 1 aliphatic heterocycles. The first-order valence-corrected chi connectivity index (χ1v) is 7.72. The van der Waals surface area contributed by atoms with Crippen LogP contribution >= 0.6 is 0 Å². The van der Waals surface area contributed by atoms with Crippen molar-refractivity contribution in [3.05, 3.63) is 48.0 Å². The first-order chi connectivity index (χ1) is 10.3. The zero-order chi connectivity index (χ0) is 14.2. The number of ether oxygens (including phenoxy) is 1. The Morgan fingerprint density at radius 2 is 2.14 bits per heavy atom. The summed E-state index contributed by atoms with van der Waals surface area (Å²) in [7, 11) is 1.76. The summed E-state index contributed by atoms with van der Waals surface area (Å²) < 4.78 is 7.86. The average molecular weight is 283 g/mol. The summed E-state index contributed by atoms with van der Waals surface area (Å²) >= 11 is 0. The van der Waals surface area contributed by atoms with Gasteiger partial charge in [-0.1, -0.05) is 18.2 Å². The smallest absolute Gasteiger partial charge is 0.123 e. The lowest BCUT2D eigenvalue weighted by molar-refractivity contribution is 0.128. The van der Waals surface area contributed by atoms with Crippen molar-refractivity contribution in [1.29, 1.82) is 0 Å². The van der Waals surface area contributed by atoms with Crippen molar-refractivity contribution in [1.82, 2.24) is 14.5 Å². The fourth-order valence-corrected chi connectivity index (χ4v) is 3.31. The lowest BCUT2D eigenvalue weighted by Gasteiger charge is -2.37. The van der Waals surface area contributed by atoms with Gasteiger partial charge in [0, 0.05) is 31.0 Å². The maximum atomic E-state index is 5.59. The predicted octanol–water partition coefficient (Wildman–Crippen LogP) is 2.86. The van der Waals surface area contributed by atoms with Gasteiger partial charge in [-0.25, -0.2) is 4.98 Å². The number of aromatic nitrogens is 2. The summed E-state index contributed by atoms with van der Waals surface area (Å²) in [5, 5.41) is 0. The highest BCUT2D eigenvalue weighted by Gasteiger charge is 2.33. The fraction of sp³-hybridized carbons (Fsp3) is 0.471. The third-order valence-electron chi connectivity index (χ3n) is 4.64. The van der Waals surface area contributed by atoms with Crippen LogP contribution in [0.1, 0.15) is 30.3 Å². The van der Waals surface area contributed by atoms with Gasteiger partial charge in [-0.05, 0) is 24.8 Å². The van der Waals surface area contributed by atoms with Gasteiger partial charge in [-0.3, -0.25) is 4.90 Å². The van der Waals surface area contributed by atoms with Gasteiger partial charge in [0.15, 0.2) is 0 Å². The van der Waals surface area contributed by atoms with Gasteiger partial charge in [0.05, 0.1) is 19.7 Å². The van der Waals surface area contributed by atoms with Crippen LogP contribution in [0.2, 0.25) is 0 Å². The van der Waals surface area contributed by atoms with E-state index in [1.807, 2.05) is 12.3 Å². The van der Waals surface area contributed by atoms with Crippen molar-refractivity contribution >= 4 is 0 Å². The maximum absolute atomic E-state index is 5.59. The number of methoxy groups -OCH3 is 1. The Morgan fingerprint density at radius 1 is 1.29 bits per heavy atom. The van der Waals surface area contributed by atoms with Gasteiger partial charge >= 0.3 is 0 Å². The average Bonchev–Trinajstić information content (AvgIpc) is 3.22. The molecule has 1 aromatic heterocycles. The Labute approximate surface area is 125 Å². The molecule has 1 saturated carbocycles. The van der Waals surface area contributed by atoms with Gasteiger partial charge < -0.3 is 9.30 Å². The molecule has 0 radical (unpaired) electrons. The second kappa shape index (κ2) is 5.19. The zero-order valence-electron chi connectivity index (χ0n) is 12.4. The number of hydrogen-bond acceptors (Lipinski definition) is 3. The van der Waals surface area contributed by atoms with Crippen LogP contribution in [0.25, 0.3) is 0 Å². The molecule has 0 saturated heterocycles. The summed E-state index contributed by atoms with van der Waals surface area (Å²) in [6.45, 7) is 3.07. The number of imidazole rings is 1. The fourth-order valence-electron chi connectivity index (χ4n) is 3.31. The lowest BCUT2D eigenvalue weighted by Crippen LogP contribution is -2.38. The Kier molecular flexibility index (Phi) is 3.19. The lowest BCUT2D eigenvalue weighted by atomic mass is 10.0. The van der Waals surface area contributed by atoms with Crippen LogP contribution in [0.3, 0.4) is 0 Å². The van der Waals surface area contributed by atoms with E-state index in [0.717, 1.165) is 24.8 Å². The molecule has 4 nitrogen and oxygen atoms in total. The van der Waals surface area contributed by atoms with Gasteiger partial charge in [0.25, 0.3) is 0 Å². The molecule has 0 bridgehead atoms. The second-order valence-electron chi connectivity index (χ2n) is 6.13. The molecule has 1 aromatic carbocycles. The minimum Gasteiger partial charge on any atom is -0.496 e. The van der Waals surface area contributed by atoms with Crippen LogP contribution in [0.15, 0.2) is 36.7 Å². The van der Waals surface area contributed by atoms with E-state index in [1.165, 1.54) is 30.8 Å². The van der Waals surface area contributed by atoms with Crippen LogP contribution in [-0.4, -0.2) is 28.1 Å². The molecule has 2 aromatic rings. The van der Waals surface area contributed by atoms with Crippen LogP contribution in [0.4, 0.5) is 0 Å². The molecule has 110 valence electrons. The van der Waals surface area contributed by atoms with E-state index in [-0.39, 0.29) is 0 Å². The van der Waals surface area contributed by atoms with Crippen LogP contribution < -0.4 is 4.74 Å². The normalized spacial score (nSPS) is 22.0. The minimum atomic E-state index is 0.378. The standard InChI is InChI=1S/C17H21N3O/c1-21-16-5-3-2-4-14(16)15-11-19-9-8-18-17(19)12-20(15)10-13-6-7-13/h2-5,8-9,13,15H,6-7,10-12H2,1H3/t15-/m1/s1. The molecule has 0 unspecified atom stereocenters. The highest BCUT2D eigenvalue weighted by molar-refractivity contribution is 5.36. The Hall–Kier alpha value is -1.81. The number of para-hydroxylation sites is 1. The van der Waals surface area contributed by atoms with Gasteiger partial charge in [0.1, 0.15) is 11.6 Å². The molecule has 0 amide bonds. The van der Waals surface area contributed by atoms with Crippen LogP contribution in [0, 0.1) is 5.92 Å². The molecule has 1 atom stereocenters. The number of nitrogens with zero attached hydrogens (tertiary/aromatic N) is 3. The summed E-state index contributed by atoms with van der Waals surface area (Å²) in [5.41, 5.74) is 1.29. The third-order valence-corrected chi connectivity index (χ3v) is 4.64. The van der Waals surface area contributed by atoms with E-state index in [1.54, 1.807) is 7.11 Å². The molecule has 1 fully saturated rings. The molecule has 1 aliphatic carbocycles. The van der Waals surface area contributed by atoms with E-state index in [2.05, 4.69) is 38.8 Å². The van der Waals surface area contributed by atoms with Crippen molar-refractivity contribution in [3.8, 4) is 5.75 Å². The molecule has 4 heteroatoms. The molecular weight excluding hydrogens is 262 g/mol. The highest BCUT2D eigenvalue weighted by atomic mass is 16.5. The summed E-state index contributed by atoms with van der Waals surface area (Å²) in [4.78, 5) is 7.08. The van der Waals surface area contributed by atoms with E-state index in [4.69, 9.17) is 4.74 Å². The van der Waals surface area contributed by atoms with Crippen molar-refractivity contribution in [2.24, 2.45) is 5.92 Å². The Morgan fingerprint density at radius 3 is 2.95 bits per heavy atom. The summed E-state index contributed by atoms with van der Waals surface area (Å²) in [6, 6.07) is 8.79. The Balaban J connectivity index is 1.69. The van der Waals surface area contributed by atoms with Crippen LogP contribution in [-0.2, 0) is 13.1 Å². The topological polar surface area (TPSA) is 30.3 Å². The number of benzene rings is 1. The van der Waals surface area contributed by atoms with Crippen LogP contribution in [0.5, 0.6) is 5.75 Å². The molecular formula is C17H21N3O. The van der Waals surface area contributed by atoms with Gasteiger partial charge in [-0.2, -0.15) is 0 Å². The maximum Gasteiger partial charge on any atom is 0.123 e. The highest BCUT2D eigenvalue weighted by Crippen LogP contribution is 2.38. The van der Waals surface area contributed by atoms with E-state index < -0.39 is 0 Å². The molecule has 4 rings (SSSR count). The molecule has 2 heterocycles. The van der Waals surface area contributed by atoms with E-state index in [9.17, 15) is 0 Å². The molecule has 21 heavy (non-hydrogen) atoms. The third kappa shape index (κ3) is 2.44. The Bertz CT molecular complexity index is 632. The predicted molar refractivity (Wildman–Crippen MR) is 81.1 cm³/mol. The van der Waals surface area contributed by atoms with Crippen molar-refractivity contribution in [3.63, 3.8) is 0 Å². The molecule has 0 spiro atoms. The monoisotopic (exact) mass is 283 g/mol. The SMILES string of the molecule is COc1ccccc1[C@H]1Cn2ccnc2CN1CC1CC1. The van der Waals surface area contributed by atoms with E-state index in [0.29, 0.717) is 6.04 Å². The molecule has 0 N–H and O–H groups in total. The largest absolute Gasteiger partial charge is 0.496 e. The minimum absolute atomic E-state index is 0.378. The van der Waals surface area contributed by atoms with Gasteiger partial charge in [0.2, 0.25) is 0 Å². The first-order valence-electron chi connectivity index (χ1n) is 7.72. The zero-order valence-corrected chi connectivity index (χ0v) is 12.4. The number of hydrogen-bond donors (Lipinski definition) is 0. The number of rotatable bonds is 4. The second-order valence-corrected chi connectivity index (χ2v) is 6.13. The quantitative estimate of drug-likeness (QED) is 0.864. The van der Waals surface area contributed by atoms with E-state index >= 15 is 0 Å². The summed E-state index contributed by atoms with van der Waals surface area (Å²) in [5.74, 6) is 3.05. The molecule has 2 aliphatic rings. The summed E-state index contributed by atoms with van der Waals surface area (Å²) in [6.07, 6.45) is 6.76. The van der Waals surface area contributed by atoms with Crippen molar-refractivity contribution < 1.29 is 4.74 Å². The number of fused-ring (bicyclic) bond motifs is 1. The van der Waals surface area contributed by atoms with Gasteiger partial charge in [-0.15, -0.1) is 0 Å². The van der Waals surface area contributed by atoms with Crippen molar-refractivity contribution in [2.75, 3.05) is 13.7 Å². The first kappa shape index (κ1) is 12.9.